The molecule has 5 nitrogen and oxygen atoms in total. The third-order valence-electron chi connectivity index (χ3n) is 2.48. The summed E-state index contributed by atoms with van der Waals surface area (Å²) in [6.45, 7) is 2.08. The minimum atomic E-state index is -0.171. The number of aromatic hydroxyl groups is 1. The second kappa shape index (κ2) is 4.85. The summed E-state index contributed by atoms with van der Waals surface area (Å²) in [5.74, 6) is 0.211. The van der Waals surface area contributed by atoms with Crippen molar-refractivity contribution in [3.63, 3.8) is 0 Å². The van der Waals surface area contributed by atoms with Crippen molar-refractivity contribution in [2.45, 2.75) is 12.6 Å². The second-order valence-electron chi connectivity index (χ2n) is 3.85. The number of phenolic OH excluding ortho intramolecular Hbond substituents is 1. The molecule has 1 fully saturated rings. The first-order valence-corrected chi connectivity index (χ1v) is 5.27. The third kappa shape index (κ3) is 2.87. The zero-order chi connectivity index (χ0) is 11.4. The van der Waals surface area contributed by atoms with Crippen LogP contribution in [0.25, 0.3) is 0 Å². The van der Waals surface area contributed by atoms with Crippen LogP contribution in [0.2, 0.25) is 0 Å². The van der Waals surface area contributed by atoms with E-state index in [1.807, 2.05) is 6.07 Å². The summed E-state index contributed by atoms with van der Waals surface area (Å²) in [6, 6.07) is 6.90. The molecule has 0 radical (unpaired) electrons. The van der Waals surface area contributed by atoms with Crippen LogP contribution in [0.1, 0.15) is 5.56 Å². The van der Waals surface area contributed by atoms with E-state index in [2.05, 4.69) is 16.0 Å². The molecule has 0 spiro atoms. The highest BCUT2D eigenvalue weighted by molar-refractivity contribution is 5.74. The number of rotatable bonds is 3. The molecule has 0 bridgehead atoms. The van der Waals surface area contributed by atoms with Gasteiger partial charge in [0.25, 0.3) is 0 Å². The van der Waals surface area contributed by atoms with E-state index in [1.165, 1.54) is 0 Å². The van der Waals surface area contributed by atoms with Crippen LogP contribution in [0, 0.1) is 0 Å². The van der Waals surface area contributed by atoms with Gasteiger partial charge in [0.1, 0.15) is 5.75 Å². The second-order valence-corrected chi connectivity index (χ2v) is 3.85. The maximum absolute atomic E-state index is 11.4. The number of hydrogen-bond donors (Lipinski definition) is 4. The first-order valence-electron chi connectivity index (χ1n) is 5.27. The average Bonchev–Trinajstić information content (AvgIpc) is 2.21. The van der Waals surface area contributed by atoms with Crippen molar-refractivity contribution in [1.29, 1.82) is 0 Å². The predicted octanol–water partition coefficient (Wildman–Crippen LogP) is 0.163. The topological polar surface area (TPSA) is 73.4 Å². The first-order chi connectivity index (χ1) is 7.74. The number of urea groups is 1. The lowest BCUT2D eigenvalue weighted by Gasteiger charge is -2.27. The molecule has 5 heteroatoms. The van der Waals surface area contributed by atoms with Crippen molar-refractivity contribution >= 4 is 6.03 Å². The summed E-state index contributed by atoms with van der Waals surface area (Å²) < 4.78 is 0. The van der Waals surface area contributed by atoms with E-state index in [0.29, 0.717) is 6.54 Å². The van der Waals surface area contributed by atoms with Gasteiger partial charge in [0, 0.05) is 19.6 Å². The minimum absolute atomic E-state index is 0.171. The van der Waals surface area contributed by atoms with Crippen molar-refractivity contribution in [1.82, 2.24) is 16.0 Å². The Kier molecular flexibility index (Phi) is 3.26. The number of hydrogen-bond acceptors (Lipinski definition) is 3. The standard InChI is InChI=1S/C11H15N3O2/c15-10-3-1-2-8(4-10)5-13-11(16)14-9-6-12-7-9/h1-4,9,12,15H,5-7H2,(H2,13,14,16). The lowest BCUT2D eigenvalue weighted by molar-refractivity contribution is 0.231. The molecular weight excluding hydrogens is 206 g/mol. The van der Waals surface area contributed by atoms with E-state index in [1.54, 1.807) is 18.2 Å². The van der Waals surface area contributed by atoms with E-state index >= 15 is 0 Å². The van der Waals surface area contributed by atoms with E-state index in [0.717, 1.165) is 18.7 Å². The van der Waals surface area contributed by atoms with Crippen LogP contribution in [-0.4, -0.2) is 30.3 Å². The zero-order valence-electron chi connectivity index (χ0n) is 8.86. The maximum Gasteiger partial charge on any atom is 0.315 e. The van der Waals surface area contributed by atoms with E-state index in [9.17, 15) is 9.90 Å². The number of carbonyl (C=O) groups excluding carboxylic acids is 1. The lowest BCUT2D eigenvalue weighted by atomic mass is 10.2. The quantitative estimate of drug-likeness (QED) is 0.587. The van der Waals surface area contributed by atoms with Gasteiger partial charge in [-0.05, 0) is 17.7 Å². The van der Waals surface area contributed by atoms with E-state index in [4.69, 9.17) is 0 Å². The van der Waals surface area contributed by atoms with Crippen molar-refractivity contribution in [2.75, 3.05) is 13.1 Å². The molecule has 4 N–H and O–H groups in total. The highest BCUT2D eigenvalue weighted by Gasteiger charge is 2.18. The molecule has 86 valence electrons. The fraction of sp³-hybridized carbons (Fsp3) is 0.364. The van der Waals surface area contributed by atoms with Crippen LogP contribution >= 0.6 is 0 Å². The molecule has 0 saturated carbocycles. The molecule has 2 rings (SSSR count). The number of benzene rings is 1. The largest absolute Gasteiger partial charge is 0.508 e. The Morgan fingerprint density at radius 1 is 1.50 bits per heavy atom. The number of carbonyl (C=O) groups is 1. The number of amides is 2. The van der Waals surface area contributed by atoms with Gasteiger partial charge in [0.05, 0.1) is 6.04 Å². The Labute approximate surface area is 93.9 Å². The zero-order valence-corrected chi connectivity index (χ0v) is 8.86. The highest BCUT2D eigenvalue weighted by atomic mass is 16.3. The van der Waals surface area contributed by atoms with E-state index in [-0.39, 0.29) is 17.8 Å². The van der Waals surface area contributed by atoms with Gasteiger partial charge >= 0.3 is 6.03 Å². The summed E-state index contributed by atoms with van der Waals surface area (Å²) in [4.78, 5) is 11.4. The van der Waals surface area contributed by atoms with Crippen LogP contribution < -0.4 is 16.0 Å². The molecule has 0 atom stereocenters. The van der Waals surface area contributed by atoms with Crippen molar-refractivity contribution in [3.05, 3.63) is 29.8 Å². The highest BCUT2D eigenvalue weighted by Crippen LogP contribution is 2.10. The minimum Gasteiger partial charge on any atom is -0.508 e. The van der Waals surface area contributed by atoms with Crippen molar-refractivity contribution in [2.24, 2.45) is 0 Å². The molecule has 0 aromatic heterocycles. The lowest BCUT2D eigenvalue weighted by Crippen LogP contribution is -2.58. The Hall–Kier alpha value is -1.75. The smallest absolute Gasteiger partial charge is 0.315 e. The maximum atomic E-state index is 11.4. The molecular formula is C11H15N3O2. The molecule has 1 aromatic carbocycles. The summed E-state index contributed by atoms with van der Waals surface area (Å²) in [5, 5.41) is 17.9. The average molecular weight is 221 g/mol. The molecule has 1 aliphatic heterocycles. The molecule has 1 saturated heterocycles. The number of nitrogens with one attached hydrogen (secondary N) is 3. The van der Waals surface area contributed by atoms with Gasteiger partial charge in [-0.2, -0.15) is 0 Å². The van der Waals surface area contributed by atoms with Crippen LogP contribution in [0.3, 0.4) is 0 Å². The molecule has 16 heavy (non-hydrogen) atoms. The van der Waals surface area contributed by atoms with Crippen LogP contribution in [0.15, 0.2) is 24.3 Å². The summed E-state index contributed by atoms with van der Waals surface area (Å²) in [6.07, 6.45) is 0. The van der Waals surface area contributed by atoms with Gasteiger partial charge in [-0.25, -0.2) is 4.79 Å². The Bertz CT molecular complexity index is 377. The SMILES string of the molecule is O=C(NCc1cccc(O)c1)NC1CNC1. The molecule has 1 aliphatic rings. The molecule has 1 heterocycles. The fourth-order valence-electron chi connectivity index (χ4n) is 1.48. The summed E-state index contributed by atoms with van der Waals surface area (Å²) in [5.41, 5.74) is 0.877. The van der Waals surface area contributed by atoms with Gasteiger partial charge in [0.2, 0.25) is 0 Å². The number of phenols is 1. The van der Waals surface area contributed by atoms with Gasteiger partial charge in [-0.3, -0.25) is 0 Å². The van der Waals surface area contributed by atoms with Gasteiger partial charge < -0.3 is 21.1 Å². The normalized spacial score (nSPS) is 15.2. The molecule has 1 aromatic rings. The Balaban J connectivity index is 1.75. The Morgan fingerprint density at radius 3 is 2.94 bits per heavy atom. The van der Waals surface area contributed by atoms with Crippen LogP contribution in [-0.2, 0) is 6.54 Å². The third-order valence-corrected chi connectivity index (χ3v) is 2.48. The molecule has 0 unspecified atom stereocenters. The predicted molar refractivity (Wildman–Crippen MR) is 60.1 cm³/mol. The van der Waals surface area contributed by atoms with Crippen LogP contribution in [0.4, 0.5) is 4.79 Å². The summed E-state index contributed by atoms with van der Waals surface area (Å²) in [7, 11) is 0. The van der Waals surface area contributed by atoms with Crippen molar-refractivity contribution in [3.8, 4) is 5.75 Å². The Morgan fingerprint density at radius 2 is 2.31 bits per heavy atom. The first kappa shape index (κ1) is 10.8. The fourth-order valence-corrected chi connectivity index (χ4v) is 1.48. The van der Waals surface area contributed by atoms with Gasteiger partial charge in [-0.1, -0.05) is 12.1 Å². The monoisotopic (exact) mass is 221 g/mol. The van der Waals surface area contributed by atoms with Crippen molar-refractivity contribution < 1.29 is 9.90 Å². The summed E-state index contributed by atoms with van der Waals surface area (Å²) >= 11 is 0. The van der Waals surface area contributed by atoms with E-state index < -0.39 is 0 Å². The van der Waals surface area contributed by atoms with Gasteiger partial charge in [0.15, 0.2) is 0 Å². The molecule has 2 amide bonds. The van der Waals surface area contributed by atoms with Gasteiger partial charge in [-0.15, -0.1) is 0 Å². The van der Waals surface area contributed by atoms with Crippen LogP contribution in [0.5, 0.6) is 5.75 Å². The molecule has 0 aliphatic carbocycles.